The minimum Gasteiger partial charge on any atom is -0.491 e. The molecule has 1 spiro atoms. The summed E-state index contributed by atoms with van der Waals surface area (Å²) in [6.07, 6.45) is 2.30. The van der Waals surface area contributed by atoms with E-state index in [1.807, 2.05) is 0 Å². The van der Waals surface area contributed by atoms with Gasteiger partial charge in [-0.2, -0.15) is 4.31 Å². The van der Waals surface area contributed by atoms with E-state index < -0.39 is 26.0 Å². The highest BCUT2D eigenvalue weighted by Crippen LogP contribution is 2.37. The van der Waals surface area contributed by atoms with E-state index in [-0.39, 0.29) is 28.0 Å². The van der Waals surface area contributed by atoms with Crippen LogP contribution >= 0.6 is 15.9 Å². The van der Waals surface area contributed by atoms with Crippen LogP contribution in [0.15, 0.2) is 62.8 Å². The van der Waals surface area contributed by atoms with Gasteiger partial charge in [0.1, 0.15) is 18.5 Å². The summed E-state index contributed by atoms with van der Waals surface area (Å²) >= 11 is 3.33. The Kier molecular flexibility index (Phi) is 8.45. The van der Waals surface area contributed by atoms with Crippen LogP contribution in [0.1, 0.15) is 19.3 Å². The molecule has 4 rings (SSSR count). The maximum absolute atomic E-state index is 13.0. The van der Waals surface area contributed by atoms with Crippen LogP contribution < -0.4 is 10.1 Å². The standard InChI is InChI=1S/C24H31BrN2O7S2/c1-35(29,30)22-6-3-5-21(13-22)33-17-20(28)15-26-19-14-24(34-16-19)8-10-27(11-9-24)36(31,32)23-7-2-4-18(25)12-23/h2-7,12-13,19-20,26,28H,8-11,14-17H2,1H3/t19?,20-/m0/s1. The second kappa shape index (κ2) is 11.1. The number of sulfonamides is 1. The fraction of sp³-hybridized carbons (Fsp3) is 0.500. The lowest BCUT2D eigenvalue weighted by Crippen LogP contribution is -2.47. The summed E-state index contributed by atoms with van der Waals surface area (Å²) in [4.78, 5) is 0.440. The van der Waals surface area contributed by atoms with E-state index in [1.54, 1.807) is 36.4 Å². The van der Waals surface area contributed by atoms with Crippen molar-refractivity contribution in [1.82, 2.24) is 9.62 Å². The topological polar surface area (TPSA) is 122 Å². The monoisotopic (exact) mass is 602 g/mol. The first-order valence-corrected chi connectivity index (χ1v) is 15.8. The number of sulfone groups is 1. The molecule has 2 N–H and O–H groups in total. The molecular weight excluding hydrogens is 572 g/mol. The molecule has 2 aliphatic heterocycles. The Hall–Kier alpha value is -1.54. The Morgan fingerprint density at radius 1 is 1.14 bits per heavy atom. The highest BCUT2D eigenvalue weighted by Gasteiger charge is 2.44. The zero-order valence-corrected chi connectivity index (χ0v) is 23.2. The van der Waals surface area contributed by atoms with Crippen molar-refractivity contribution in [3.8, 4) is 5.75 Å². The Bertz CT molecular complexity index is 1280. The third kappa shape index (κ3) is 6.66. The predicted octanol–water partition coefficient (Wildman–Crippen LogP) is 2.19. The number of hydrogen-bond acceptors (Lipinski definition) is 8. The van der Waals surface area contributed by atoms with Gasteiger partial charge in [0.05, 0.1) is 22.0 Å². The number of benzene rings is 2. The molecule has 0 amide bonds. The second-order valence-electron chi connectivity index (χ2n) is 9.38. The van der Waals surface area contributed by atoms with Gasteiger partial charge in [-0.3, -0.25) is 0 Å². The van der Waals surface area contributed by atoms with Crippen molar-refractivity contribution in [3.63, 3.8) is 0 Å². The van der Waals surface area contributed by atoms with Gasteiger partial charge in [-0.1, -0.05) is 28.1 Å². The van der Waals surface area contributed by atoms with Crippen molar-refractivity contribution in [2.24, 2.45) is 0 Å². The van der Waals surface area contributed by atoms with Crippen LogP contribution in [0, 0.1) is 0 Å². The third-order valence-corrected chi connectivity index (χ3v) is 10.1. The minimum atomic E-state index is -3.55. The van der Waals surface area contributed by atoms with Gasteiger partial charge in [0.2, 0.25) is 10.0 Å². The molecule has 0 bridgehead atoms. The molecule has 2 fully saturated rings. The van der Waals surface area contributed by atoms with Crippen LogP contribution in [0.25, 0.3) is 0 Å². The van der Waals surface area contributed by atoms with E-state index in [0.29, 0.717) is 44.8 Å². The van der Waals surface area contributed by atoms with Gasteiger partial charge < -0.3 is 19.9 Å². The van der Waals surface area contributed by atoms with E-state index in [0.717, 1.165) is 17.1 Å². The van der Waals surface area contributed by atoms with Gasteiger partial charge in [-0.05, 0) is 55.7 Å². The van der Waals surface area contributed by atoms with E-state index >= 15 is 0 Å². The molecule has 2 aromatic rings. The fourth-order valence-electron chi connectivity index (χ4n) is 4.58. The average Bonchev–Trinajstić information content (AvgIpc) is 3.23. The van der Waals surface area contributed by atoms with Gasteiger partial charge in [0.15, 0.2) is 9.84 Å². The molecule has 198 valence electrons. The molecule has 2 heterocycles. The quantitative estimate of drug-likeness (QED) is 0.448. The predicted molar refractivity (Wildman–Crippen MR) is 138 cm³/mol. The van der Waals surface area contributed by atoms with Gasteiger partial charge in [-0.15, -0.1) is 0 Å². The molecule has 2 saturated heterocycles. The summed E-state index contributed by atoms with van der Waals surface area (Å²) in [6.45, 7) is 1.58. The Balaban J connectivity index is 1.23. The van der Waals surface area contributed by atoms with Gasteiger partial charge in [-0.25, -0.2) is 16.8 Å². The largest absolute Gasteiger partial charge is 0.491 e. The normalized spacial score (nSPS) is 21.5. The van der Waals surface area contributed by atoms with Crippen molar-refractivity contribution in [2.45, 2.75) is 46.8 Å². The smallest absolute Gasteiger partial charge is 0.243 e. The number of halogens is 1. The molecule has 2 atom stereocenters. The summed E-state index contributed by atoms with van der Waals surface area (Å²) in [6, 6.07) is 12.9. The van der Waals surface area contributed by atoms with Crippen LogP contribution in [0.2, 0.25) is 0 Å². The summed E-state index contributed by atoms with van der Waals surface area (Å²) in [5.74, 6) is 0.379. The summed E-state index contributed by atoms with van der Waals surface area (Å²) in [5.41, 5.74) is -0.367. The number of rotatable bonds is 9. The fourth-order valence-corrected chi connectivity index (χ4v) is 7.28. The number of piperidine rings is 1. The molecule has 0 radical (unpaired) electrons. The molecule has 9 nitrogen and oxygen atoms in total. The number of aliphatic hydroxyl groups is 1. The van der Waals surface area contributed by atoms with Gasteiger partial charge in [0.25, 0.3) is 0 Å². The maximum atomic E-state index is 13.0. The van der Waals surface area contributed by atoms with Crippen molar-refractivity contribution >= 4 is 35.8 Å². The number of nitrogens with zero attached hydrogens (tertiary/aromatic N) is 1. The lowest BCUT2D eigenvalue weighted by atomic mass is 9.88. The Morgan fingerprint density at radius 2 is 1.83 bits per heavy atom. The molecule has 12 heteroatoms. The molecule has 2 aliphatic rings. The summed E-state index contributed by atoms with van der Waals surface area (Å²) in [7, 11) is -6.89. The lowest BCUT2D eigenvalue weighted by molar-refractivity contribution is -0.0312. The summed E-state index contributed by atoms with van der Waals surface area (Å²) in [5, 5.41) is 13.6. The molecule has 1 unspecified atom stereocenters. The zero-order chi connectivity index (χ0) is 26.0. The van der Waals surface area contributed by atoms with E-state index in [4.69, 9.17) is 9.47 Å². The SMILES string of the molecule is CS(=O)(=O)c1cccc(OC[C@@H](O)CNC2COC3(CCN(S(=O)(=O)c4cccc(Br)c4)CC3)C2)c1. The number of aliphatic hydroxyl groups excluding tert-OH is 1. The lowest BCUT2D eigenvalue weighted by Gasteiger charge is -2.38. The van der Waals surface area contributed by atoms with Crippen LogP contribution in [0.4, 0.5) is 0 Å². The van der Waals surface area contributed by atoms with Crippen LogP contribution in [-0.2, 0) is 24.6 Å². The van der Waals surface area contributed by atoms with E-state index in [1.165, 1.54) is 16.4 Å². The molecule has 36 heavy (non-hydrogen) atoms. The first-order valence-electron chi connectivity index (χ1n) is 11.7. The molecule has 0 saturated carbocycles. The summed E-state index contributed by atoms with van der Waals surface area (Å²) < 4.78 is 63.3. The number of nitrogens with one attached hydrogen (secondary N) is 1. The minimum absolute atomic E-state index is 0.0152. The van der Waals surface area contributed by atoms with Crippen molar-refractivity contribution in [3.05, 3.63) is 53.0 Å². The van der Waals surface area contributed by atoms with E-state index in [9.17, 15) is 21.9 Å². The third-order valence-electron chi connectivity index (χ3n) is 6.59. The molecule has 2 aromatic carbocycles. The molecule has 0 aliphatic carbocycles. The molecular formula is C24H31BrN2O7S2. The highest BCUT2D eigenvalue weighted by molar-refractivity contribution is 9.10. The van der Waals surface area contributed by atoms with Gasteiger partial charge in [0, 0.05) is 36.4 Å². The van der Waals surface area contributed by atoms with Crippen molar-refractivity contribution < 1.29 is 31.4 Å². The average molecular weight is 604 g/mol. The maximum Gasteiger partial charge on any atom is 0.243 e. The van der Waals surface area contributed by atoms with Crippen LogP contribution in [0.3, 0.4) is 0 Å². The Morgan fingerprint density at radius 3 is 2.53 bits per heavy atom. The van der Waals surface area contributed by atoms with Crippen molar-refractivity contribution in [1.29, 1.82) is 0 Å². The van der Waals surface area contributed by atoms with Gasteiger partial charge >= 0.3 is 0 Å². The zero-order valence-electron chi connectivity index (χ0n) is 20.0. The van der Waals surface area contributed by atoms with Crippen LogP contribution in [-0.4, -0.2) is 83.1 Å². The molecule has 0 aromatic heterocycles. The number of ether oxygens (including phenoxy) is 2. The highest BCUT2D eigenvalue weighted by atomic mass is 79.9. The first-order chi connectivity index (χ1) is 17.0. The Labute approximate surface area is 220 Å². The van der Waals surface area contributed by atoms with Crippen LogP contribution in [0.5, 0.6) is 5.75 Å². The van der Waals surface area contributed by atoms with E-state index in [2.05, 4.69) is 21.2 Å². The number of hydrogen-bond donors (Lipinski definition) is 2. The van der Waals surface area contributed by atoms with Crippen molar-refractivity contribution in [2.75, 3.05) is 39.1 Å². The first kappa shape index (κ1) is 27.5. The second-order valence-corrected chi connectivity index (χ2v) is 14.2.